The Morgan fingerprint density at radius 3 is 2.81 bits per heavy atom. The fourth-order valence-electron chi connectivity index (χ4n) is 1.95. The lowest BCUT2D eigenvalue weighted by atomic mass is 10.2. The van der Waals surface area contributed by atoms with Gasteiger partial charge in [0.15, 0.2) is 0 Å². The van der Waals surface area contributed by atoms with Crippen LogP contribution in [-0.4, -0.2) is 18.3 Å². The van der Waals surface area contributed by atoms with Crippen LogP contribution in [0.3, 0.4) is 0 Å². The van der Waals surface area contributed by atoms with Crippen LogP contribution in [0.5, 0.6) is 0 Å². The van der Waals surface area contributed by atoms with Gasteiger partial charge < -0.3 is 5.32 Å². The van der Waals surface area contributed by atoms with Gasteiger partial charge >= 0.3 is 0 Å². The van der Waals surface area contributed by atoms with Crippen LogP contribution in [0.4, 0.5) is 0 Å². The van der Waals surface area contributed by atoms with E-state index in [1.807, 2.05) is 0 Å². The predicted molar refractivity (Wildman–Crippen MR) is 75.9 cm³/mol. The zero-order valence-corrected chi connectivity index (χ0v) is 11.8. The van der Waals surface area contributed by atoms with Gasteiger partial charge in [-0.05, 0) is 50.0 Å². The first-order valence-corrected chi connectivity index (χ1v) is 7.75. The van der Waals surface area contributed by atoms with Crippen LogP contribution in [0.25, 0.3) is 0 Å². The summed E-state index contributed by atoms with van der Waals surface area (Å²) in [5, 5.41) is 4.31. The van der Waals surface area contributed by atoms with E-state index >= 15 is 0 Å². The molecular formula is C13H18BrNS. The molecule has 1 aliphatic heterocycles. The smallest absolute Gasteiger partial charge is 0.0187 e. The van der Waals surface area contributed by atoms with E-state index in [0.717, 1.165) is 11.0 Å². The summed E-state index contributed by atoms with van der Waals surface area (Å²) in [6, 6.07) is 8.69. The third kappa shape index (κ3) is 4.11. The highest BCUT2D eigenvalue weighted by Crippen LogP contribution is 2.25. The highest BCUT2D eigenvalue weighted by Gasteiger charge is 2.11. The number of halogens is 1. The Kier molecular flexibility index (Phi) is 5.20. The van der Waals surface area contributed by atoms with Crippen molar-refractivity contribution in [2.75, 3.05) is 13.1 Å². The highest BCUT2D eigenvalue weighted by atomic mass is 79.9. The van der Waals surface area contributed by atoms with Gasteiger partial charge in [-0.15, -0.1) is 0 Å². The van der Waals surface area contributed by atoms with Crippen LogP contribution in [0.15, 0.2) is 28.7 Å². The molecule has 2 rings (SSSR count). The molecule has 1 fully saturated rings. The summed E-state index contributed by atoms with van der Waals surface area (Å²) < 4.78 is 1.17. The second kappa shape index (κ2) is 6.67. The molecule has 1 saturated heterocycles. The molecule has 3 heteroatoms. The largest absolute Gasteiger partial charge is 0.317 e. The number of nitrogens with one attached hydrogen (secondary N) is 1. The van der Waals surface area contributed by atoms with Gasteiger partial charge in [-0.1, -0.05) is 28.1 Å². The van der Waals surface area contributed by atoms with E-state index in [4.69, 9.17) is 0 Å². The number of benzene rings is 1. The standard InChI is InChI=1S/C13H18BrNS/c14-12-5-3-11(4-6-12)10-16-13-2-1-8-15-9-7-13/h3-6,13,15H,1-2,7-10H2. The van der Waals surface area contributed by atoms with E-state index in [0.29, 0.717) is 0 Å². The van der Waals surface area contributed by atoms with Crippen molar-refractivity contribution in [1.82, 2.24) is 5.32 Å². The third-order valence-corrected chi connectivity index (χ3v) is 4.89. The molecule has 0 radical (unpaired) electrons. The summed E-state index contributed by atoms with van der Waals surface area (Å²) in [5.74, 6) is 1.15. The molecule has 0 aliphatic carbocycles. The molecule has 1 atom stereocenters. The van der Waals surface area contributed by atoms with Gasteiger partial charge in [0, 0.05) is 15.5 Å². The summed E-state index contributed by atoms with van der Waals surface area (Å²) in [4.78, 5) is 0. The van der Waals surface area contributed by atoms with Gasteiger partial charge in [-0.2, -0.15) is 11.8 Å². The molecule has 0 aromatic heterocycles. The highest BCUT2D eigenvalue weighted by molar-refractivity contribution is 9.10. The molecule has 0 spiro atoms. The third-order valence-electron chi connectivity index (χ3n) is 2.92. The van der Waals surface area contributed by atoms with Crippen molar-refractivity contribution in [3.8, 4) is 0 Å². The van der Waals surface area contributed by atoms with Crippen LogP contribution in [-0.2, 0) is 5.75 Å². The van der Waals surface area contributed by atoms with Crippen molar-refractivity contribution < 1.29 is 0 Å². The first kappa shape index (κ1) is 12.5. The molecule has 1 unspecified atom stereocenters. The van der Waals surface area contributed by atoms with E-state index in [1.165, 1.54) is 42.4 Å². The van der Waals surface area contributed by atoms with Gasteiger partial charge in [0.2, 0.25) is 0 Å². The molecule has 1 N–H and O–H groups in total. The van der Waals surface area contributed by atoms with Gasteiger partial charge in [0.25, 0.3) is 0 Å². The van der Waals surface area contributed by atoms with Crippen LogP contribution in [0.1, 0.15) is 24.8 Å². The van der Waals surface area contributed by atoms with Gasteiger partial charge in [-0.25, -0.2) is 0 Å². The van der Waals surface area contributed by atoms with Crippen LogP contribution >= 0.6 is 27.7 Å². The lowest BCUT2D eigenvalue weighted by Crippen LogP contribution is -2.14. The Hall–Kier alpha value is 0.01000. The molecule has 1 aromatic rings. The molecule has 0 amide bonds. The monoisotopic (exact) mass is 299 g/mol. The molecule has 1 heterocycles. The SMILES string of the molecule is Brc1ccc(CSC2CCCNCC2)cc1. The molecule has 1 aromatic carbocycles. The average Bonchev–Trinajstić information content (AvgIpc) is 2.57. The van der Waals surface area contributed by atoms with Crippen molar-refractivity contribution in [2.45, 2.75) is 30.3 Å². The number of hydrogen-bond acceptors (Lipinski definition) is 2. The van der Waals surface area contributed by atoms with E-state index in [2.05, 4.69) is 57.3 Å². The average molecular weight is 300 g/mol. The molecule has 0 bridgehead atoms. The van der Waals surface area contributed by atoms with Gasteiger partial charge in [0.1, 0.15) is 0 Å². The van der Waals surface area contributed by atoms with E-state index in [9.17, 15) is 0 Å². The van der Waals surface area contributed by atoms with Gasteiger partial charge in [0.05, 0.1) is 0 Å². The minimum Gasteiger partial charge on any atom is -0.317 e. The lowest BCUT2D eigenvalue weighted by molar-refractivity contribution is 0.703. The predicted octanol–water partition coefficient (Wildman–Crippen LogP) is 3.82. The van der Waals surface area contributed by atoms with E-state index in [-0.39, 0.29) is 0 Å². The summed E-state index contributed by atoms with van der Waals surface area (Å²) in [6.45, 7) is 2.40. The summed E-state index contributed by atoms with van der Waals surface area (Å²) in [5.41, 5.74) is 1.44. The normalized spacial score (nSPS) is 21.7. The maximum Gasteiger partial charge on any atom is 0.0187 e. The topological polar surface area (TPSA) is 12.0 Å². The molecular weight excluding hydrogens is 282 g/mol. The quantitative estimate of drug-likeness (QED) is 0.910. The van der Waals surface area contributed by atoms with E-state index in [1.54, 1.807) is 0 Å². The molecule has 16 heavy (non-hydrogen) atoms. The van der Waals surface area contributed by atoms with Crippen molar-refractivity contribution in [1.29, 1.82) is 0 Å². The van der Waals surface area contributed by atoms with Gasteiger partial charge in [-0.3, -0.25) is 0 Å². The van der Waals surface area contributed by atoms with Crippen molar-refractivity contribution >= 4 is 27.7 Å². The second-order valence-electron chi connectivity index (χ2n) is 4.24. The zero-order chi connectivity index (χ0) is 11.2. The second-order valence-corrected chi connectivity index (χ2v) is 6.44. The number of rotatable bonds is 3. The van der Waals surface area contributed by atoms with Crippen LogP contribution < -0.4 is 5.32 Å². The van der Waals surface area contributed by atoms with Crippen LogP contribution in [0.2, 0.25) is 0 Å². The molecule has 88 valence electrons. The Balaban J connectivity index is 1.79. The van der Waals surface area contributed by atoms with Crippen molar-refractivity contribution in [2.24, 2.45) is 0 Å². The van der Waals surface area contributed by atoms with Crippen LogP contribution in [0, 0.1) is 0 Å². The maximum atomic E-state index is 3.47. The Labute approximate surface area is 111 Å². The molecule has 1 aliphatic rings. The van der Waals surface area contributed by atoms with Crippen molar-refractivity contribution in [3.05, 3.63) is 34.3 Å². The lowest BCUT2D eigenvalue weighted by Gasteiger charge is -2.12. The minimum absolute atomic E-state index is 0.846. The first-order chi connectivity index (χ1) is 7.84. The first-order valence-electron chi connectivity index (χ1n) is 5.91. The summed E-state index contributed by atoms with van der Waals surface area (Å²) in [7, 11) is 0. The number of hydrogen-bond donors (Lipinski definition) is 1. The van der Waals surface area contributed by atoms with E-state index < -0.39 is 0 Å². The zero-order valence-electron chi connectivity index (χ0n) is 9.42. The fourth-order valence-corrected chi connectivity index (χ4v) is 3.45. The maximum absolute atomic E-state index is 3.47. The Morgan fingerprint density at radius 2 is 2.00 bits per heavy atom. The summed E-state index contributed by atoms with van der Waals surface area (Å²) >= 11 is 5.58. The molecule has 0 saturated carbocycles. The van der Waals surface area contributed by atoms with Crippen molar-refractivity contribution in [3.63, 3.8) is 0 Å². The minimum atomic E-state index is 0.846. The number of thioether (sulfide) groups is 1. The summed E-state index contributed by atoms with van der Waals surface area (Å²) in [6.07, 6.45) is 4.02. The Bertz CT molecular complexity index is 304. The Morgan fingerprint density at radius 1 is 1.19 bits per heavy atom. The molecule has 1 nitrogen and oxygen atoms in total. The fraction of sp³-hybridized carbons (Fsp3) is 0.538.